The van der Waals surface area contributed by atoms with Crippen molar-refractivity contribution in [2.45, 2.75) is 20.5 Å². The van der Waals surface area contributed by atoms with Crippen LogP contribution in [-0.4, -0.2) is 15.7 Å². The van der Waals surface area contributed by atoms with E-state index >= 15 is 0 Å². The van der Waals surface area contributed by atoms with E-state index in [0.29, 0.717) is 10.6 Å². The second-order valence-electron chi connectivity index (χ2n) is 5.51. The Bertz CT molecular complexity index is 855. The number of benzene rings is 2. The van der Waals surface area contributed by atoms with Gasteiger partial charge in [-0.2, -0.15) is 5.10 Å². The summed E-state index contributed by atoms with van der Waals surface area (Å²) in [5.41, 5.74) is 3.96. The Balaban J connectivity index is 1.72. The Morgan fingerprint density at radius 1 is 1.08 bits per heavy atom. The molecular formula is C19H17ClN2O2. The highest BCUT2D eigenvalue weighted by Crippen LogP contribution is 2.22. The van der Waals surface area contributed by atoms with Crippen LogP contribution in [0.5, 0.6) is 0 Å². The lowest BCUT2D eigenvalue weighted by Crippen LogP contribution is -2.06. The molecule has 0 aliphatic heterocycles. The van der Waals surface area contributed by atoms with Crippen molar-refractivity contribution in [1.29, 1.82) is 0 Å². The number of carbonyl (C=O) groups excluding carboxylic acids is 1. The number of aromatic nitrogens is 2. The van der Waals surface area contributed by atoms with E-state index in [1.165, 1.54) is 0 Å². The topological polar surface area (TPSA) is 44.1 Å². The molecule has 0 amide bonds. The molecule has 1 aromatic heterocycles. The van der Waals surface area contributed by atoms with E-state index in [0.717, 1.165) is 22.6 Å². The van der Waals surface area contributed by atoms with Crippen LogP contribution in [0.4, 0.5) is 0 Å². The molecule has 5 heteroatoms. The van der Waals surface area contributed by atoms with Gasteiger partial charge in [-0.1, -0.05) is 41.9 Å². The highest BCUT2D eigenvalue weighted by atomic mass is 35.5. The lowest BCUT2D eigenvalue weighted by Gasteiger charge is -2.07. The zero-order chi connectivity index (χ0) is 17.1. The molecule has 0 atom stereocenters. The Hall–Kier alpha value is -2.59. The first kappa shape index (κ1) is 16.3. The van der Waals surface area contributed by atoms with E-state index < -0.39 is 0 Å². The maximum atomic E-state index is 12.1. The summed E-state index contributed by atoms with van der Waals surface area (Å²) < 4.78 is 7.08. The summed E-state index contributed by atoms with van der Waals surface area (Å²) in [6, 6.07) is 16.7. The van der Waals surface area contributed by atoms with Gasteiger partial charge < -0.3 is 4.74 Å². The molecule has 0 saturated carbocycles. The largest absolute Gasteiger partial charge is 0.457 e. The highest BCUT2D eigenvalue weighted by Gasteiger charge is 2.12. The first-order chi connectivity index (χ1) is 11.6. The van der Waals surface area contributed by atoms with Crippen molar-refractivity contribution in [3.8, 4) is 5.69 Å². The molecular weight excluding hydrogens is 324 g/mol. The number of ether oxygens (including phenoxy) is 1. The van der Waals surface area contributed by atoms with Crippen LogP contribution in [0.3, 0.4) is 0 Å². The van der Waals surface area contributed by atoms with Gasteiger partial charge in [-0.15, -0.1) is 0 Å². The number of nitrogens with zero attached hydrogens (tertiary/aromatic N) is 2. The zero-order valence-corrected chi connectivity index (χ0v) is 14.2. The van der Waals surface area contributed by atoms with Crippen LogP contribution in [0.2, 0.25) is 5.02 Å². The molecule has 0 N–H and O–H groups in total. The van der Waals surface area contributed by atoms with E-state index in [-0.39, 0.29) is 12.6 Å². The van der Waals surface area contributed by atoms with Crippen LogP contribution in [-0.2, 0) is 11.3 Å². The van der Waals surface area contributed by atoms with E-state index in [9.17, 15) is 4.79 Å². The second kappa shape index (κ2) is 6.89. The van der Waals surface area contributed by atoms with Gasteiger partial charge in [0.25, 0.3) is 0 Å². The van der Waals surface area contributed by atoms with Gasteiger partial charge in [-0.3, -0.25) is 0 Å². The molecule has 1 heterocycles. The lowest BCUT2D eigenvalue weighted by atomic mass is 10.2. The first-order valence-electron chi connectivity index (χ1n) is 7.59. The van der Waals surface area contributed by atoms with Gasteiger partial charge in [0, 0.05) is 0 Å². The molecule has 3 aromatic rings. The highest BCUT2D eigenvalue weighted by molar-refractivity contribution is 6.31. The van der Waals surface area contributed by atoms with Gasteiger partial charge in [0.1, 0.15) is 6.61 Å². The molecule has 4 nitrogen and oxygen atoms in total. The predicted molar refractivity (Wildman–Crippen MR) is 93.6 cm³/mol. The number of hydrogen-bond donors (Lipinski definition) is 0. The summed E-state index contributed by atoms with van der Waals surface area (Å²) in [4.78, 5) is 12.1. The third kappa shape index (κ3) is 3.34. The van der Waals surface area contributed by atoms with E-state index in [4.69, 9.17) is 16.3 Å². The van der Waals surface area contributed by atoms with Crippen LogP contribution in [0.25, 0.3) is 5.69 Å². The van der Waals surface area contributed by atoms with Gasteiger partial charge in [0.2, 0.25) is 0 Å². The van der Waals surface area contributed by atoms with E-state index in [2.05, 4.69) is 5.10 Å². The Labute approximate surface area is 145 Å². The van der Waals surface area contributed by atoms with Crippen molar-refractivity contribution in [3.05, 3.63) is 82.1 Å². The molecule has 0 aliphatic rings. The standard InChI is InChI=1S/C19H17ClN2O2/c1-13-18(20)14(2)22(21-13)17-10-8-16(9-11-17)19(23)24-12-15-6-4-3-5-7-15/h3-11H,12H2,1-2H3. The molecule has 0 aliphatic carbocycles. The quantitative estimate of drug-likeness (QED) is 0.657. The summed E-state index contributed by atoms with van der Waals surface area (Å²) in [6.07, 6.45) is 0. The average molecular weight is 341 g/mol. The predicted octanol–water partition coefficient (Wildman–Crippen LogP) is 4.50. The fourth-order valence-corrected chi connectivity index (χ4v) is 2.54. The van der Waals surface area contributed by atoms with Gasteiger partial charge in [-0.05, 0) is 43.7 Å². The summed E-state index contributed by atoms with van der Waals surface area (Å²) in [7, 11) is 0. The molecule has 0 saturated heterocycles. The van der Waals surface area contributed by atoms with Crippen LogP contribution >= 0.6 is 11.6 Å². The Morgan fingerprint density at radius 3 is 2.33 bits per heavy atom. The van der Waals surface area contributed by atoms with E-state index in [1.54, 1.807) is 16.8 Å². The molecule has 0 fully saturated rings. The molecule has 0 bridgehead atoms. The minimum atomic E-state index is -0.350. The number of carbonyl (C=O) groups is 1. The fourth-order valence-electron chi connectivity index (χ4n) is 2.42. The van der Waals surface area contributed by atoms with E-state index in [1.807, 2.05) is 56.3 Å². The number of esters is 1. The number of rotatable bonds is 4. The zero-order valence-electron chi connectivity index (χ0n) is 13.5. The fraction of sp³-hybridized carbons (Fsp3) is 0.158. The van der Waals surface area contributed by atoms with Crippen molar-refractivity contribution in [2.24, 2.45) is 0 Å². The number of hydrogen-bond acceptors (Lipinski definition) is 3. The Morgan fingerprint density at radius 2 is 1.75 bits per heavy atom. The average Bonchev–Trinajstić information content (AvgIpc) is 2.88. The minimum Gasteiger partial charge on any atom is -0.457 e. The van der Waals surface area contributed by atoms with Crippen molar-refractivity contribution < 1.29 is 9.53 Å². The van der Waals surface area contributed by atoms with Crippen molar-refractivity contribution in [3.63, 3.8) is 0 Å². The maximum Gasteiger partial charge on any atom is 0.338 e. The number of halogens is 1. The molecule has 3 rings (SSSR count). The molecule has 2 aromatic carbocycles. The second-order valence-corrected chi connectivity index (χ2v) is 5.88. The van der Waals surface area contributed by atoms with Crippen molar-refractivity contribution in [1.82, 2.24) is 9.78 Å². The third-order valence-corrected chi connectivity index (χ3v) is 4.31. The molecule has 0 unspecified atom stereocenters. The number of aryl methyl sites for hydroxylation is 1. The van der Waals surface area contributed by atoms with Gasteiger partial charge in [-0.25, -0.2) is 9.48 Å². The minimum absolute atomic E-state index is 0.258. The molecule has 24 heavy (non-hydrogen) atoms. The third-order valence-electron chi connectivity index (χ3n) is 3.76. The van der Waals surface area contributed by atoms with Crippen LogP contribution in [0.15, 0.2) is 54.6 Å². The van der Waals surface area contributed by atoms with Gasteiger partial charge in [0.05, 0.1) is 27.7 Å². The Kier molecular flexibility index (Phi) is 4.67. The molecule has 0 spiro atoms. The van der Waals surface area contributed by atoms with Crippen molar-refractivity contribution in [2.75, 3.05) is 0 Å². The monoisotopic (exact) mass is 340 g/mol. The maximum absolute atomic E-state index is 12.1. The smallest absolute Gasteiger partial charge is 0.338 e. The summed E-state index contributed by atoms with van der Waals surface area (Å²) >= 11 is 6.17. The SMILES string of the molecule is Cc1nn(-c2ccc(C(=O)OCc3ccccc3)cc2)c(C)c1Cl. The van der Waals surface area contributed by atoms with Crippen LogP contribution in [0.1, 0.15) is 27.3 Å². The lowest BCUT2D eigenvalue weighted by molar-refractivity contribution is 0.0472. The molecule has 0 radical (unpaired) electrons. The summed E-state index contributed by atoms with van der Waals surface area (Å²) in [6.45, 7) is 4.03. The first-order valence-corrected chi connectivity index (χ1v) is 7.97. The van der Waals surface area contributed by atoms with Crippen molar-refractivity contribution >= 4 is 17.6 Å². The summed E-state index contributed by atoms with van der Waals surface area (Å²) in [5.74, 6) is -0.350. The van der Waals surface area contributed by atoms with Crippen LogP contribution in [0, 0.1) is 13.8 Å². The summed E-state index contributed by atoms with van der Waals surface area (Å²) in [5, 5.41) is 5.05. The molecule has 122 valence electrons. The van der Waals surface area contributed by atoms with Gasteiger partial charge >= 0.3 is 5.97 Å². The van der Waals surface area contributed by atoms with Crippen LogP contribution < -0.4 is 0 Å². The normalized spacial score (nSPS) is 10.6. The van der Waals surface area contributed by atoms with Gasteiger partial charge in [0.15, 0.2) is 0 Å².